The van der Waals surface area contributed by atoms with Crippen LogP contribution in [0.4, 0.5) is 0 Å². The van der Waals surface area contributed by atoms with E-state index < -0.39 is 0 Å². The van der Waals surface area contributed by atoms with E-state index in [0.717, 1.165) is 12.2 Å². The smallest absolute Gasteiger partial charge is 0.238 e. The van der Waals surface area contributed by atoms with E-state index in [2.05, 4.69) is 28.4 Å². The summed E-state index contributed by atoms with van der Waals surface area (Å²) < 4.78 is 5.68. The van der Waals surface area contributed by atoms with Gasteiger partial charge in [-0.2, -0.15) is 0 Å². The molecule has 0 aliphatic heterocycles. The number of halogens is 1. The largest absolute Gasteiger partial charge is 0.438 e. The standard InChI is InChI=1S/C17H13ClN2O/c18-16-9-10-17(20-19-16)21-15-8-4-7-14(12-15)11-13-5-2-1-3-6-13/h1-10,12H,11H2. The van der Waals surface area contributed by atoms with E-state index in [9.17, 15) is 0 Å². The molecule has 104 valence electrons. The zero-order valence-corrected chi connectivity index (χ0v) is 12.0. The van der Waals surface area contributed by atoms with Crippen molar-refractivity contribution in [2.75, 3.05) is 0 Å². The molecule has 0 atom stereocenters. The van der Waals surface area contributed by atoms with Gasteiger partial charge >= 0.3 is 0 Å². The molecular formula is C17H13ClN2O. The first-order valence-electron chi connectivity index (χ1n) is 6.59. The predicted molar refractivity (Wildman–Crippen MR) is 82.8 cm³/mol. The highest BCUT2D eigenvalue weighted by molar-refractivity contribution is 6.29. The van der Waals surface area contributed by atoms with Crippen molar-refractivity contribution in [2.45, 2.75) is 6.42 Å². The Morgan fingerprint density at radius 3 is 2.38 bits per heavy atom. The van der Waals surface area contributed by atoms with E-state index in [1.54, 1.807) is 12.1 Å². The molecule has 1 aromatic heterocycles. The van der Waals surface area contributed by atoms with E-state index in [0.29, 0.717) is 11.0 Å². The average molecular weight is 297 g/mol. The number of nitrogens with zero attached hydrogens (tertiary/aromatic N) is 2. The van der Waals surface area contributed by atoms with Crippen LogP contribution in [0.25, 0.3) is 0 Å². The van der Waals surface area contributed by atoms with Crippen molar-refractivity contribution in [1.29, 1.82) is 0 Å². The van der Waals surface area contributed by atoms with Crippen LogP contribution in [-0.4, -0.2) is 10.2 Å². The summed E-state index contributed by atoms with van der Waals surface area (Å²) in [6.07, 6.45) is 0.865. The second kappa shape index (κ2) is 6.37. The first-order chi connectivity index (χ1) is 10.3. The fourth-order valence-corrected chi connectivity index (χ4v) is 2.13. The van der Waals surface area contributed by atoms with Gasteiger partial charge in [-0.15, -0.1) is 10.2 Å². The molecule has 3 rings (SSSR count). The molecular weight excluding hydrogens is 284 g/mol. The van der Waals surface area contributed by atoms with E-state index in [1.807, 2.05) is 36.4 Å². The summed E-state index contributed by atoms with van der Waals surface area (Å²) in [5, 5.41) is 7.99. The summed E-state index contributed by atoms with van der Waals surface area (Å²) in [6, 6.07) is 21.6. The molecule has 0 radical (unpaired) electrons. The highest BCUT2D eigenvalue weighted by Gasteiger charge is 2.02. The summed E-state index contributed by atoms with van der Waals surface area (Å²) in [5.74, 6) is 1.16. The number of hydrogen-bond acceptors (Lipinski definition) is 3. The molecule has 21 heavy (non-hydrogen) atoms. The molecule has 0 N–H and O–H groups in total. The first-order valence-corrected chi connectivity index (χ1v) is 6.97. The Labute approximate surface area is 128 Å². The van der Waals surface area contributed by atoms with Gasteiger partial charge in [-0.05, 0) is 35.7 Å². The maximum Gasteiger partial charge on any atom is 0.238 e. The number of rotatable bonds is 4. The normalized spacial score (nSPS) is 10.3. The Bertz CT molecular complexity index is 714. The van der Waals surface area contributed by atoms with Gasteiger partial charge in [-0.1, -0.05) is 54.1 Å². The van der Waals surface area contributed by atoms with Crippen molar-refractivity contribution in [3.05, 3.63) is 83.0 Å². The second-order valence-electron chi connectivity index (χ2n) is 4.61. The summed E-state index contributed by atoms with van der Waals surface area (Å²) in [5.41, 5.74) is 2.45. The van der Waals surface area contributed by atoms with Crippen molar-refractivity contribution in [3.63, 3.8) is 0 Å². The van der Waals surface area contributed by atoms with Gasteiger partial charge in [0.25, 0.3) is 0 Å². The van der Waals surface area contributed by atoms with Crippen molar-refractivity contribution in [1.82, 2.24) is 10.2 Å². The molecule has 0 bridgehead atoms. The van der Waals surface area contributed by atoms with E-state index in [-0.39, 0.29) is 0 Å². The lowest BCUT2D eigenvalue weighted by Crippen LogP contribution is -1.92. The molecule has 1 heterocycles. The summed E-state index contributed by atoms with van der Waals surface area (Å²) in [6.45, 7) is 0. The lowest BCUT2D eigenvalue weighted by atomic mass is 10.1. The predicted octanol–water partition coefficient (Wildman–Crippen LogP) is 4.51. The Kier molecular flexibility index (Phi) is 4.12. The van der Waals surface area contributed by atoms with Gasteiger partial charge in [-0.3, -0.25) is 0 Å². The van der Waals surface area contributed by atoms with Gasteiger partial charge < -0.3 is 4.74 Å². The van der Waals surface area contributed by atoms with Gasteiger partial charge in [0, 0.05) is 6.07 Å². The van der Waals surface area contributed by atoms with Gasteiger partial charge in [0.15, 0.2) is 5.15 Å². The fourth-order valence-electron chi connectivity index (χ4n) is 2.03. The Hall–Kier alpha value is -2.39. The minimum atomic E-state index is 0.347. The highest BCUT2D eigenvalue weighted by Crippen LogP contribution is 2.21. The van der Waals surface area contributed by atoms with E-state index >= 15 is 0 Å². The lowest BCUT2D eigenvalue weighted by molar-refractivity contribution is 0.455. The molecule has 0 aliphatic rings. The SMILES string of the molecule is Clc1ccc(Oc2cccc(Cc3ccccc3)c2)nn1. The van der Waals surface area contributed by atoms with E-state index in [4.69, 9.17) is 16.3 Å². The molecule has 0 unspecified atom stereocenters. The molecule has 0 spiro atoms. The van der Waals surface area contributed by atoms with Crippen LogP contribution in [0.15, 0.2) is 66.7 Å². The van der Waals surface area contributed by atoms with Crippen LogP contribution >= 0.6 is 11.6 Å². The molecule has 0 amide bonds. The number of ether oxygens (including phenoxy) is 1. The third-order valence-corrected chi connectivity index (χ3v) is 3.18. The minimum absolute atomic E-state index is 0.347. The Balaban J connectivity index is 1.75. The zero-order chi connectivity index (χ0) is 14.5. The summed E-state index contributed by atoms with van der Waals surface area (Å²) in [7, 11) is 0. The topological polar surface area (TPSA) is 35.0 Å². The molecule has 0 fully saturated rings. The Morgan fingerprint density at radius 2 is 1.62 bits per heavy atom. The van der Waals surface area contributed by atoms with Crippen LogP contribution in [0.2, 0.25) is 5.15 Å². The fraction of sp³-hybridized carbons (Fsp3) is 0.0588. The molecule has 2 aromatic carbocycles. The van der Waals surface area contributed by atoms with Crippen LogP contribution in [0.3, 0.4) is 0 Å². The molecule has 0 aliphatic carbocycles. The van der Waals surface area contributed by atoms with Gasteiger partial charge in [-0.25, -0.2) is 0 Å². The zero-order valence-electron chi connectivity index (χ0n) is 11.2. The third-order valence-electron chi connectivity index (χ3n) is 2.98. The van der Waals surface area contributed by atoms with Crippen LogP contribution in [0.5, 0.6) is 11.6 Å². The highest BCUT2D eigenvalue weighted by atomic mass is 35.5. The third kappa shape index (κ3) is 3.80. The Morgan fingerprint density at radius 1 is 0.810 bits per heavy atom. The van der Waals surface area contributed by atoms with Crippen molar-refractivity contribution < 1.29 is 4.74 Å². The van der Waals surface area contributed by atoms with Crippen molar-refractivity contribution >= 4 is 11.6 Å². The summed E-state index contributed by atoms with van der Waals surface area (Å²) in [4.78, 5) is 0. The maximum absolute atomic E-state index is 5.70. The van der Waals surface area contributed by atoms with Crippen LogP contribution in [0.1, 0.15) is 11.1 Å². The molecule has 4 heteroatoms. The van der Waals surface area contributed by atoms with Crippen molar-refractivity contribution in [2.24, 2.45) is 0 Å². The second-order valence-corrected chi connectivity index (χ2v) is 4.99. The van der Waals surface area contributed by atoms with Crippen LogP contribution in [-0.2, 0) is 6.42 Å². The quantitative estimate of drug-likeness (QED) is 0.710. The van der Waals surface area contributed by atoms with Crippen molar-refractivity contribution in [3.8, 4) is 11.6 Å². The van der Waals surface area contributed by atoms with Crippen LogP contribution in [0, 0.1) is 0 Å². The molecule has 3 nitrogen and oxygen atoms in total. The molecule has 3 aromatic rings. The maximum atomic E-state index is 5.70. The molecule has 0 saturated carbocycles. The average Bonchev–Trinajstić information content (AvgIpc) is 2.51. The van der Waals surface area contributed by atoms with Gasteiger partial charge in [0.2, 0.25) is 5.88 Å². The minimum Gasteiger partial charge on any atom is -0.438 e. The van der Waals surface area contributed by atoms with Gasteiger partial charge in [0.05, 0.1) is 0 Å². The number of hydrogen-bond donors (Lipinski definition) is 0. The lowest BCUT2D eigenvalue weighted by Gasteiger charge is -2.07. The first kappa shape index (κ1) is 13.6. The number of aromatic nitrogens is 2. The number of benzene rings is 2. The van der Waals surface area contributed by atoms with Crippen LogP contribution < -0.4 is 4.74 Å². The van der Waals surface area contributed by atoms with E-state index in [1.165, 1.54) is 11.1 Å². The monoisotopic (exact) mass is 296 g/mol. The van der Waals surface area contributed by atoms with Gasteiger partial charge in [0.1, 0.15) is 5.75 Å². The summed E-state index contributed by atoms with van der Waals surface area (Å²) >= 11 is 5.70. The molecule has 0 saturated heterocycles.